The minimum Gasteiger partial charge on any atom is -0.489 e. The van der Waals surface area contributed by atoms with Crippen LogP contribution in [0.25, 0.3) is 0 Å². The number of sulfonamides is 1. The van der Waals surface area contributed by atoms with Gasteiger partial charge in [-0.15, -0.1) is 11.3 Å². The molecular weight excluding hydrogens is 469 g/mol. The van der Waals surface area contributed by atoms with E-state index in [1.165, 1.54) is 26.3 Å². The van der Waals surface area contributed by atoms with Crippen molar-refractivity contribution >= 4 is 44.6 Å². The van der Waals surface area contributed by atoms with Crippen LogP contribution >= 0.6 is 22.9 Å². The number of methoxy groups -OCH3 is 1. The molecular formula is C17H18ClF3N2O5S2. The van der Waals surface area contributed by atoms with Gasteiger partial charge in [-0.25, -0.2) is 8.42 Å². The van der Waals surface area contributed by atoms with Crippen LogP contribution < -0.4 is 10.1 Å². The lowest BCUT2D eigenvalue weighted by Crippen LogP contribution is -2.34. The number of rotatable bonds is 9. The molecule has 0 saturated heterocycles. The van der Waals surface area contributed by atoms with E-state index in [1.54, 1.807) is 0 Å². The highest BCUT2D eigenvalue weighted by atomic mass is 35.5. The number of nitrogens with zero attached hydrogens (tertiary/aromatic N) is 1. The first-order chi connectivity index (χ1) is 13.9. The molecule has 0 saturated carbocycles. The van der Waals surface area contributed by atoms with Gasteiger partial charge in [-0.1, -0.05) is 11.6 Å². The summed E-state index contributed by atoms with van der Waals surface area (Å²) in [6.07, 6.45) is -4.64. The lowest BCUT2D eigenvalue weighted by Gasteiger charge is -2.18. The predicted octanol–water partition coefficient (Wildman–Crippen LogP) is 3.70. The molecule has 1 aromatic carbocycles. The quantitative estimate of drug-likeness (QED) is 0.546. The number of hydrogen-bond acceptors (Lipinski definition) is 6. The summed E-state index contributed by atoms with van der Waals surface area (Å²) in [5.41, 5.74) is -1.23. The Bertz CT molecular complexity index is 996. The Hall–Kier alpha value is -1.86. The Labute approximate surface area is 180 Å². The lowest BCUT2D eigenvalue weighted by molar-refractivity contribution is -0.137. The van der Waals surface area contributed by atoms with Crippen LogP contribution in [0.3, 0.4) is 0 Å². The molecule has 0 unspecified atom stereocenters. The van der Waals surface area contributed by atoms with Crippen molar-refractivity contribution in [2.45, 2.75) is 10.4 Å². The fraction of sp³-hybridized carbons (Fsp3) is 0.353. The van der Waals surface area contributed by atoms with E-state index in [4.69, 9.17) is 21.1 Å². The summed E-state index contributed by atoms with van der Waals surface area (Å²) in [5.74, 6) is -0.858. The maximum atomic E-state index is 13.0. The van der Waals surface area contributed by atoms with Gasteiger partial charge in [-0.05, 0) is 30.3 Å². The second-order valence-electron chi connectivity index (χ2n) is 5.92. The third-order valence-corrected chi connectivity index (χ3v) is 7.21. The summed E-state index contributed by atoms with van der Waals surface area (Å²) < 4.78 is 75.1. The number of thiophene rings is 1. The Kier molecular flexibility index (Phi) is 8.11. The van der Waals surface area contributed by atoms with Crippen molar-refractivity contribution in [2.75, 3.05) is 39.2 Å². The van der Waals surface area contributed by atoms with E-state index in [0.29, 0.717) is 6.07 Å². The van der Waals surface area contributed by atoms with Gasteiger partial charge in [0.05, 0.1) is 28.7 Å². The van der Waals surface area contributed by atoms with Gasteiger partial charge in [-0.2, -0.15) is 17.5 Å². The van der Waals surface area contributed by atoms with Crippen LogP contribution in [0.1, 0.15) is 5.56 Å². The third-order valence-electron chi connectivity index (χ3n) is 3.71. The Morgan fingerprint density at radius 3 is 2.50 bits per heavy atom. The van der Waals surface area contributed by atoms with Crippen LogP contribution in [0.2, 0.25) is 4.34 Å². The normalized spacial score (nSPS) is 12.2. The number of carbonyl (C=O) groups excluding carboxylic acids is 1. The number of alkyl halides is 3. The Morgan fingerprint density at radius 1 is 1.23 bits per heavy atom. The molecule has 0 fully saturated rings. The molecule has 0 bridgehead atoms. The number of hydrogen-bond donors (Lipinski definition) is 1. The molecule has 0 aliphatic heterocycles. The second kappa shape index (κ2) is 9.96. The van der Waals surface area contributed by atoms with Gasteiger partial charge >= 0.3 is 6.18 Å². The highest BCUT2D eigenvalue weighted by molar-refractivity contribution is 7.91. The summed E-state index contributed by atoms with van der Waals surface area (Å²) in [6, 6.07) is 5.30. The zero-order chi connectivity index (χ0) is 22.5. The topological polar surface area (TPSA) is 84.9 Å². The number of ether oxygens (including phenoxy) is 2. The molecule has 2 rings (SSSR count). The standard InChI is InChI=1S/C17H18ClF3N2O5S2/c1-23(30(25,26)16-6-5-14(18)29-16)10-15(24)22-12-9-11(17(19,20)21)3-4-13(12)28-8-7-27-2/h3-6,9H,7-8,10H2,1-2H3,(H,22,24). The molecule has 7 nitrogen and oxygen atoms in total. The number of amides is 1. The maximum Gasteiger partial charge on any atom is 0.416 e. The summed E-state index contributed by atoms with van der Waals surface area (Å²) in [4.78, 5) is 12.3. The van der Waals surface area contributed by atoms with E-state index < -0.39 is 34.2 Å². The van der Waals surface area contributed by atoms with Crippen LogP contribution in [0.15, 0.2) is 34.5 Å². The monoisotopic (exact) mass is 486 g/mol. The Balaban J connectivity index is 2.19. The van der Waals surface area contributed by atoms with E-state index >= 15 is 0 Å². The lowest BCUT2D eigenvalue weighted by atomic mass is 10.1. The summed E-state index contributed by atoms with van der Waals surface area (Å²) in [6.45, 7) is -0.414. The first-order valence-electron chi connectivity index (χ1n) is 8.29. The molecule has 1 aromatic heterocycles. The first kappa shape index (κ1) is 24.4. The van der Waals surface area contributed by atoms with Gasteiger partial charge in [0, 0.05) is 14.2 Å². The van der Waals surface area contributed by atoms with Crippen molar-refractivity contribution in [1.29, 1.82) is 0 Å². The summed E-state index contributed by atoms with van der Waals surface area (Å²) in [5, 5.41) is 2.28. The smallest absolute Gasteiger partial charge is 0.416 e. The molecule has 1 amide bonds. The van der Waals surface area contributed by atoms with Crippen molar-refractivity contribution in [1.82, 2.24) is 4.31 Å². The van der Waals surface area contributed by atoms with E-state index in [1.807, 2.05) is 0 Å². The molecule has 0 radical (unpaired) electrons. The Morgan fingerprint density at radius 2 is 1.93 bits per heavy atom. The minimum atomic E-state index is -4.64. The van der Waals surface area contributed by atoms with Crippen LogP contribution in [0.5, 0.6) is 5.75 Å². The molecule has 2 aromatic rings. The molecule has 0 aliphatic rings. The number of halogens is 4. The van der Waals surface area contributed by atoms with Gasteiger partial charge in [-0.3, -0.25) is 4.79 Å². The van der Waals surface area contributed by atoms with Crippen molar-refractivity contribution in [2.24, 2.45) is 0 Å². The van der Waals surface area contributed by atoms with Crippen molar-refractivity contribution < 1.29 is 35.9 Å². The van der Waals surface area contributed by atoms with E-state index in [0.717, 1.165) is 27.8 Å². The number of likely N-dealkylation sites (N-methyl/N-ethyl adjacent to an activating group) is 1. The third kappa shape index (κ3) is 6.32. The van der Waals surface area contributed by atoms with Crippen molar-refractivity contribution in [3.8, 4) is 5.75 Å². The predicted molar refractivity (Wildman–Crippen MR) is 107 cm³/mol. The van der Waals surface area contributed by atoms with Gasteiger partial charge in [0.1, 0.15) is 16.6 Å². The van der Waals surface area contributed by atoms with Crippen LogP contribution in [-0.4, -0.2) is 52.5 Å². The summed E-state index contributed by atoms with van der Waals surface area (Å²) in [7, 11) is -1.39. The van der Waals surface area contributed by atoms with Gasteiger partial charge in [0.25, 0.3) is 10.0 Å². The number of benzene rings is 1. The molecule has 30 heavy (non-hydrogen) atoms. The molecule has 0 spiro atoms. The minimum absolute atomic E-state index is 0.0102. The van der Waals surface area contributed by atoms with Gasteiger partial charge in [0.15, 0.2) is 0 Å². The fourth-order valence-electron chi connectivity index (χ4n) is 2.23. The largest absolute Gasteiger partial charge is 0.489 e. The number of anilines is 1. The van der Waals surface area contributed by atoms with Gasteiger partial charge in [0.2, 0.25) is 5.91 Å². The zero-order valence-corrected chi connectivity index (χ0v) is 18.2. The van der Waals surface area contributed by atoms with Crippen molar-refractivity contribution in [3.63, 3.8) is 0 Å². The molecule has 166 valence electrons. The molecule has 13 heteroatoms. The van der Waals surface area contributed by atoms with E-state index in [2.05, 4.69) is 5.32 Å². The van der Waals surface area contributed by atoms with Crippen molar-refractivity contribution in [3.05, 3.63) is 40.2 Å². The first-order valence-corrected chi connectivity index (χ1v) is 10.9. The van der Waals surface area contributed by atoms with Gasteiger partial charge < -0.3 is 14.8 Å². The molecule has 0 atom stereocenters. The van der Waals surface area contributed by atoms with Crippen LogP contribution in [0, 0.1) is 0 Å². The zero-order valence-electron chi connectivity index (χ0n) is 15.8. The highest BCUT2D eigenvalue weighted by Gasteiger charge is 2.32. The number of nitrogens with one attached hydrogen (secondary N) is 1. The fourth-order valence-corrected chi connectivity index (χ4v) is 5.05. The molecule has 0 aliphatic carbocycles. The average molecular weight is 487 g/mol. The number of carbonyl (C=O) groups is 1. The average Bonchev–Trinajstić information content (AvgIpc) is 3.09. The van der Waals surface area contributed by atoms with Crippen LogP contribution in [-0.2, 0) is 25.7 Å². The van der Waals surface area contributed by atoms with Crippen LogP contribution in [0.4, 0.5) is 18.9 Å². The van der Waals surface area contributed by atoms with E-state index in [9.17, 15) is 26.4 Å². The highest BCUT2D eigenvalue weighted by Crippen LogP contribution is 2.35. The SMILES string of the molecule is COCCOc1ccc(C(F)(F)F)cc1NC(=O)CN(C)S(=O)(=O)c1ccc(Cl)s1. The summed E-state index contributed by atoms with van der Waals surface area (Å²) >= 11 is 6.57. The molecule has 1 N–H and O–H groups in total. The van der Waals surface area contributed by atoms with E-state index in [-0.39, 0.29) is 33.2 Å². The second-order valence-corrected chi connectivity index (χ2v) is 9.90. The maximum absolute atomic E-state index is 13.0. The molecule has 1 heterocycles.